The van der Waals surface area contributed by atoms with Crippen LogP contribution in [0.4, 0.5) is 17.2 Å². The molecular formula is C50H39N5Si+2. The number of para-hydroxylation sites is 3. The summed E-state index contributed by atoms with van der Waals surface area (Å²) in [4.78, 5) is 2.74. The maximum Gasteiger partial charge on any atom is 0.319 e. The van der Waals surface area contributed by atoms with Gasteiger partial charge in [0.1, 0.15) is 22.3 Å². The summed E-state index contributed by atoms with van der Waals surface area (Å²) < 4.78 is 11.0. The lowest BCUT2D eigenvalue weighted by Crippen LogP contribution is -2.77. The Morgan fingerprint density at radius 2 is 1.14 bits per heavy atom. The van der Waals surface area contributed by atoms with Gasteiger partial charge in [0.15, 0.2) is 22.6 Å². The number of hydrogen-bond donors (Lipinski definition) is 0. The predicted octanol–water partition coefficient (Wildman–Crippen LogP) is 9.97. The van der Waals surface area contributed by atoms with Gasteiger partial charge in [-0.15, -0.1) is 0 Å². The lowest BCUT2D eigenvalue weighted by atomic mass is 9.64. The van der Waals surface area contributed by atoms with Crippen molar-refractivity contribution < 1.29 is 9.13 Å². The summed E-state index contributed by atoms with van der Waals surface area (Å²) in [7, 11) is -1.79. The molecule has 1 spiro atoms. The molecule has 10 heterocycles. The summed E-state index contributed by atoms with van der Waals surface area (Å²) in [5, 5.41) is 6.80. The van der Waals surface area contributed by atoms with E-state index >= 15 is 0 Å². The average Bonchev–Trinajstić information content (AvgIpc) is 3.81. The molecule has 0 bridgehead atoms. The molecule has 4 aromatic heterocycles. The fourth-order valence-corrected chi connectivity index (χ4v) is 13.9. The molecule has 56 heavy (non-hydrogen) atoms. The molecule has 266 valence electrons. The van der Waals surface area contributed by atoms with Crippen LogP contribution >= 0.6 is 0 Å². The Morgan fingerprint density at radius 1 is 0.518 bits per heavy atom. The van der Waals surface area contributed by atoms with Gasteiger partial charge in [-0.05, 0) is 53.7 Å². The molecule has 0 saturated heterocycles. The first-order valence-electron chi connectivity index (χ1n) is 20.3. The van der Waals surface area contributed by atoms with Gasteiger partial charge in [0.05, 0.1) is 30.4 Å². The first-order chi connectivity index (χ1) is 27.0. The van der Waals surface area contributed by atoms with E-state index < -0.39 is 13.7 Å². The van der Waals surface area contributed by atoms with Crippen molar-refractivity contribution in [2.24, 2.45) is 0 Å². The van der Waals surface area contributed by atoms with Crippen molar-refractivity contribution in [2.75, 3.05) is 4.90 Å². The van der Waals surface area contributed by atoms with Gasteiger partial charge in [-0.1, -0.05) is 102 Å². The van der Waals surface area contributed by atoms with Crippen molar-refractivity contribution in [3.8, 4) is 22.9 Å². The molecule has 5 aromatic carbocycles. The smallest absolute Gasteiger partial charge is 0.308 e. The van der Waals surface area contributed by atoms with E-state index in [-0.39, 0.29) is 10.8 Å². The summed E-state index contributed by atoms with van der Waals surface area (Å²) in [6.07, 6.45) is 0. The largest absolute Gasteiger partial charge is 0.319 e. The standard InChI is InChI=1S/C50H39N5Si/c1-48(2)31-15-12-16-32-45(31)53-46-33(48)19-22-38-41(46)50-42-43-29(27-13-8-10-17-35(27)51(38)43)25-30-28-14-9-11-18-36(28)52(44(30)42)40-24-26(56(5,6)7)23-39(54(40)50)37-21-20-34(49(32,3)4)47(53)55(37)50/h8-25H,1-7H3/q+2. The van der Waals surface area contributed by atoms with Crippen LogP contribution in [0, 0.1) is 0 Å². The zero-order valence-corrected chi connectivity index (χ0v) is 33.6. The Labute approximate surface area is 325 Å². The van der Waals surface area contributed by atoms with Gasteiger partial charge in [0.25, 0.3) is 11.6 Å². The molecule has 6 aliphatic rings. The molecule has 0 saturated carbocycles. The minimum absolute atomic E-state index is 0.210. The number of pyridine rings is 2. The van der Waals surface area contributed by atoms with E-state index in [1.54, 1.807) is 0 Å². The molecule has 0 fully saturated rings. The summed E-state index contributed by atoms with van der Waals surface area (Å²) in [6, 6.07) is 43.1. The van der Waals surface area contributed by atoms with E-state index in [1.165, 1.54) is 122 Å². The van der Waals surface area contributed by atoms with Crippen molar-refractivity contribution in [3.63, 3.8) is 0 Å². The third kappa shape index (κ3) is 2.60. The third-order valence-corrected chi connectivity index (χ3v) is 17.2. The van der Waals surface area contributed by atoms with Crippen molar-refractivity contribution in [1.29, 1.82) is 0 Å². The monoisotopic (exact) mass is 737 g/mol. The van der Waals surface area contributed by atoms with Crippen molar-refractivity contribution >= 4 is 74.1 Å². The Balaban J connectivity index is 1.32. The molecule has 0 radical (unpaired) electrons. The minimum Gasteiger partial charge on any atom is -0.308 e. The SMILES string of the molecule is CC1(C)c2cccc3c2N2c4c1ccc1c4C45c6c7c(cc8c9ccccc9n(c68)-c6cc([Si](C)(C)C)cc([n+]64)-c4ccc(c2[n+]45)C3(C)C)c2ccccc2n7-1. The van der Waals surface area contributed by atoms with Crippen LogP contribution in [0.2, 0.25) is 19.6 Å². The number of hydrogen-bond acceptors (Lipinski definition) is 1. The maximum atomic E-state index is 2.85. The molecular weight excluding hydrogens is 699 g/mol. The quantitative estimate of drug-likeness (QED) is 0.121. The summed E-state index contributed by atoms with van der Waals surface area (Å²) in [5.41, 5.74) is 19.3. The molecule has 6 aliphatic heterocycles. The lowest BCUT2D eigenvalue weighted by molar-refractivity contribution is -0.931. The van der Waals surface area contributed by atoms with Gasteiger partial charge < -0.3 is 4.57 Å². The zero-order valence-electron chi connectivity index (χ0n) is 32.6. The molecule has 5 nitrogen and oxygen atoms in total. The number of benzene rings is 5. The summed E-state index contributed by atoms with van der Waals surface area (Å²) in [5.74, 6) is 2.61. The van der Waals surface area contributed by atoms with Crippen molar-refractivity contribution in [2.45, 2.75) is 63.8 Å². The average molecular weight is 738 g/mol. The number of aromatic nitrogens is 4. The van der Waals surface area contributed by atoms with E-state index in [9.17, 15) is 0 Å². The summed E-state index contributed by atoms with van der Waals surface area (Å²) >= 11 is 0. The van der Waals surface area contributed by atoms with E-state index in [0.29, 0.717) is 0 Å². The lowest BCUT2D eigenvalue weighted by Gasteiger charge is -2.50. The normalized spacial score (nSPS) is 19.7. The highest BCUT2D eigenvalue weighted by atomic mass is 28.3. The van der Waals surface area contributed by atoms with Gasteiger partial charge in [-0.2, -0.15) is 18.6 Å². The van der Waals surface area contributed by atoms with Crippen LogP contribution in [0.25, 0.3) is 66.5 Å². The van der Waals surface area contributed by atoms with E-state index in [1.807, 2.05) is 0 Å². The fourth-order valence-electron chi connectivity index (χ4n) is 12.8. The van der Waals surface area contributed by atoms with Crippen LogP contribution < -0.4 is 19.2 Å². The Hall–Kier alpha value is -5.98. The molecule has 6 heteroatoms. The molecule has 0 aliphatic carbocycles. The Bertz CT molecular complexity index is 3520. The van der Waals surface area contributed by atoms with Crippen molar-refractivity contribution in [3.05, 3.63) is 143 Å². The van der Waals surface area contributed by atoms with E-state index in [0.717, 1.165) is 0 Å². The second-order valence-electron chi connectivity index (χ2n) is 19.4. The van der Waals surface area contributed by atoms with Crippen LogP contribution in [-0.2, 0) is 16.5 Å². The zero-order chi connectivity index (χ0) is 37.3. The van der Waals surface area contributed by atoms with Gasteiger partial charge in [-0.25, -0.2) is 0 Å². The fraction of sp³-hybridized carbons (Fsp3) is 0.200. The van der Waals surface area contributed by atoms with E-state index in [4.69, 9.17) is 0 Å². The van der Waals surface area contributed by atoms with Gasteiger partial charge in [0, 0.05) is 55.1 Å². The minimum atomic E-state index is -1.79. The molecule has 15 rings (SSSR count). The van der Waals surface area contributed by atoms with Crippen LogP contribution in [-0.4, -0.2) is 17.2 Å². The number of nitrogens with zero attached hydrogens (tertiary/aromatic N) is 5. The molecule has 1 atom stereocenters. The van der Waals surface area contributed by atoms with Crippen LogP contribution in [0.5, 0.6) is 0 Å². The number of anilines is 3. The molecule has 0 N–H and O–H groups in total. The van der Waals surface area contributed by atoms with E-state index in [2.05, 4.69) is 180 Å². The third-order valence-electron chi connectivity index (χ3n) is 15.2. The van der Waals surface area contributed by atoms with Crippen LogP contribution in [0.1, 0.15) is 61.1 Å². The van der Waals surface area contributed by atoms with Gasteiger partial charge >= 0.3 is 5.66 Å². The second kappa shape index (κ2) is 8.25. The summed E-state index contributed by atoms with van der Waals surface area (Å²) in [6.45, 7) is 17.4. The van der Waals surface area contributed by atoms with Gasteiger partial charge in [0.2, 0.25) is 0 Å². The highest BCUT2D eigenvalue weighted by molar-refractivity contribution is 6.88. The predicted molar refractivity (Wildman–Crippen MR) is 228 cm³/mol. The molecule has 0 amide bonds. The Morgan fingerprint density at radius 3 is 1.86 bits per heavy atom. The number of fused-ring (bicyclic) bond motifs is 9. The van der Waals surface area contributed by atoms with Crippen molar-refractivity contribution in [1.82, 2.24) is 9.13 Å². The molecule has 1 unspecified atom stereocenters. The van der Waals surface area contributed by atoms with Crippen LogP contribution in [0.15, 0.2) is 109 Å². The first-order valence-corrected chi connectivity index (χ1v) is 23.8. The Kier molecular flexibility index (Phi) is 4.32. The topological polar surface area (TPSA) is 20.9 Å². The number of rotatable bonds is 1. The maximum absolute atomic E-state index is 2.85. The van der Waals surface area contributed by atoms with Crippen LogP contribution in [0.3, 0.4) is 0 Å². The van der Waals surface area contributed by atoms with Gasteiger partial charge in [-0.3, -0.25) is 0 Å². The molecule has 9 aromatic rings. The highest BCUT2D eigenvalue weighted by Crippen LogP contribution is 2.67. The second-order valence-corrected chi connectivity index (χ2v) is 24.5. The first kappa shape index (κ1) is 29.3. The highest BCUT2D eigenvalue weighted by Gasteiger charge is 2.72.